The fourth-order valence-electron chi connectivity index (χ4n) is 3.13. The van der Waals surface area contributed by atoms with Crippen molar-refractivity contribution in [1.82, 2.24) is 14.3 Å². The third-order valence-corrected chi connectivity index (χ3v) is 9.44. The van der Waals surface area contributed by atoms with Gasteiger partial charge in [-0.1, -0.05) is 36.8 Å². The molecule has 4 rings (SSSR count). The third kappa shape index (κ3) is 3.89. The lowest BCUT2D eigenvalue weighted by Crippen LogP contribution is -2.52. The zero-order chi connectivity index (χ0) is 20.8. The van der Waals surface area contributed by atoms with Crippen LogP contribution in [0.3, 0.4) is 0 Å². The van der Waals surface area contributed by atoms with Crippen molar-refractivity contribution in [1.29, 1.82) is 0 Å². The van der Waals surface area contributed by atoms with E-state index < -0.39 is 16.1 Å². The van der Waals surface area contributed by atoms with Gasteiger partial charge in [0.1, 0.15) is 10.4 Å². The summed E-state index contributed by atoms with van der Waals surface area (Å²) in [6.45, 7) is 4.89. The Balaban J connectivity index is 1.63. The van der Waals surface area contributed by atoms with Crippen LogP contribution in [-0.2, 0) is 16.6 Å². The van der Waals surface area contributed by atoms with Crippen molar-refractivity contribution in [3.8, 4) is 0 Å². The predicted octanol–water partition coefficient (Wildman–Crippen LogP) is 3.90. The van der Waals surface area contributed by atoms with Gasteiger partial charge in [-0.3, -0.25) is 0 Å². The maximum atomic E-state index is 13.1. The molecule has 0 spiro atoms. The molecule has 0 radical (unpaired) electrons. The van der Waals surface area contributed by atoms with Crippen molar-refractivity contribution < 1.29 is 13.5 Å². The molecule has 1 saturated heterocycles. The molecule has 2 N–H and O–H groups in total. The number of aromatic nitrogens is 2. The first-order chi connectivity index (χ1) is 13.8. The maximum absolute atomic E-state index is 13.1. The van der Waals surface area contributed by atoms with Gasteiger partial charge in [-0.2, -0.15) is 4.31 Å². The number of rotatable bonds is 7. The molecule has 7 nitrogen and oxygen atoms in total. The number of anilines is 1. The van der Waals surface area contributed by atoms with Gasteiger partial charge in [-0.05, 0) is 18.6 Å². The lowest BCUT2D eigenvalue weighted by Gasteiger charge is -2.38. The Labute approximate surface area is 182 Å². The van der Waals surface area contributed by atoms with E-state index in [0.717, 1.165) is 15.4 Å². The largest absolute Gasteiger partial charge is 0.395 e. The van der Waals surface area contributed by atoms with Crippen molar-refractivity contribution in [2.24, 2.45) is 0 Å². The number of nitrogens with zero attached hydrogens (tertiary/aromatic N) is 3. The minimum absolute atomic E-state index is 0.00914. The van der Waals surface area contributed by atoms with Crippen LogP contribution in [-0.4, -0.2) is 47.0 Å². The monoisotopic (exact) mass is 472 g/mol. The molecule has 1 unspecified atom stereocenters. The van der Waals surface area contributed by atoms with Crippen LogP contribution < -0.4 is 5.32 Å². The van der Waals surface area contributed by atoms with E-state index in [1.807, 2.05) is 5.38 Å². The first kappa shape index (κ1) is 21.0. The second kappa shape index (κ2) is 8.09. The van der Waals surface area contributed by atoms with E-state index >= 15 is 0 Å². The Morgan fingerprint density at radius 2 is 2.17 bits per heavy atom. The number of nitrogens with one attached hydrogen (secondary N) is 1. The second-order valence-electron chi connectivity index (χ2n) is 7.17. The quantitative estimate of drug-likeness (QED) is 0.541. The number of thiazole rings is 2. The van der Waals surface area contributed by atoms with Gasteiger partial charge in [0.25, 0.3) is 0 Å². The van der Waals surface area contributed by atoms with Crippen molar-refractivity contribution in [2.45, 2.75) is 43.7 Å². The minimum Gasteiger partial charge on any atom is -0.395 e. The Hall–Kier alpha value is -1.30. The number of fused-ring (bicyclic) bond motifs is 1. The van der Waals surface area contributed by atoms with E-state index in [0.29, 0.717) is 36.1 Å². The molecule has 2 aromatic heterocycles. The van der Waals surface area contributed by atoms with Gasteiger partial charge in [0.15, 0.2) is 5.13 Å². The van der Waals surface area contributed by atoms with Crippen LogP contribution in [0.25, 0.3) is 10.2 Å². The maximum Gasteiger partial charge on any atom is 0.247 e. The van der Waals surface area contributed by atoms with E-state index in [4.69, 9.17) is 11.6 Å². The molecule has 0 aliphatic carbocycles. The molecular weight excluding hydrogens is 452 g/mol. The Kier molecular flexibility index (Phi) is 5.84. The van der Waals surface area contributed by atoms with Crippen LogP contribution in [0.5, 0.6) is 0 Å². The molecule has 0 bridgehead atoms. The number of sulfonamides is 1. The van der Waals surface area contributed by atoms with Crippen LogP contribution in [0.15, 0.2) is 22.4 Å². The van der Waals surface area contributed by atoms with Crippen molar-refractivity contribution >= 4 is 59.6 Å². The van der Waals surface area contributed by atoms with Crippen molar-refractivity contribution in [2.75, 3.05) is 18.5 Å². The molecule has 0 saturated carbocycles. The number of halogens is 1. The number of hydrogen-bond acceptors (Lipinski definition) is 8. The van der Waals surface area contributed by atoms with Crippen LogP contribution in [0.2, 0.25) is 5.02 Å². The van der Waals surface area contributed by atoms with E-state index in [1.54, 1.807) is 23.5 Å². The summed E-state index contributed by atoms with van der Waals surface area (Å²) in [5, 5.41) is 16.5. The fraction of sp³-hybridized carbons (Fsp3) is 0.444. The first-order valence-electron chi connectivity index (χ1n) is 9.21. The molecule has 1 fully saturated rings. The van der Waals surface area contributed by atoms with E-state index in [2.05, 4.69) is 29.1 Å². The number of benzene rings is 1. The van der Waals surface area contributed by atoms with E-state index in [9.17, 15) is 13.5 Å². The highest BCUT2D eigenvalue weighted by atomic mass is 35.5. The van der Waals surface area contributed by atoms with Gasteiger partial charge in [0.2, 0.25) is 10.0 Å². The van der Waals surface area contributed by atoms with Gasteiger partial charge >= 0.3 is 0 Å². The van der Waals surface area contributed by atoms with Gasteiger partial charge in [0, 0.05) is 23.9 Å². The van der Waals surface area contributed by atoms with E-state index in [-0.39, 0.29) is 16.5 Å². The molecule has 3 heterocycles. The molecule has 0 amide bonds. The van der Waals surface area contributed by atoms with E-state index in [1.165, 1.54) is 15.6 Å². The molecule has 11 heteroatoms. The molecule has 1 aliphatic rings. The van der Waals surface area contributed by atoms with Crippen LogP contribution in [0.4, 0.5) is 5.13 Å². The molecule has 29 heavy (non-hydrogen) atoms. The first-order valence-corrected chi connectivity index (χ1v) is 12.7. The topological polar surface area (TPSA) is 95.4 Å². The second-order valence-corrected chi connectivity index (χ2v) is 11.3. The molecule has 3 aromatic rings. The van der Waals surface area contributed by atoms with Crippen LogP contribution in [0, 0.1) is 0 Å². The highest BCUT2D eigenvalue weighted by Gasteiger charge is 2.40. The number of hydrogen-bond donors (Lipinski definition) is 2. The van der Waals surface area contributed by atoms with Gasteiger partial charge < -0.3 is 10.4 Å². The lowest BCUT2D eigenvalue weighted by molar-refractivity contribution is 0.116. The predicted molar refractivity (Wildman–Crippen MR) is 118 cm³/mol. The minimum atomic E-state index is -3.83. The van der Waals surface area contributed by atoms with Crippen molar-refractivity contribution in [3.05, 3.63) is 33.2 Å². The Morgan fingerprint density at radius 1 is 1.38 bits per heavy atom. The van der Waals surface area contributed by atoms with Crippen molar-refractivity contribution in [3.63, 3.8) is 0 Å². The highest BCUT2D eigenvalue weighted by Crippen LogP contribution is 2.38. The smallest absolute Gasteiger partial charge is 0.247 e. The van der Waals surface area contributed by atoms with Crippen LogP contribution in [0.1, 0.15) is 36.9 Å². The molecule has 156 valence electrons. The summed E-state index contributed by atoms with van der Waals surface area (Å²) < 4.78 is 28.3. The van der Waals surface area contributed by atoms with Gasteiger partial charge in [-0.15, -0.1) is 11.3 Å². The zero-order valence-electron chi connectivity index (χ0n) is 15.9. The fourth-order valence-corrected chi connectivity index (χ4v) is 7.21. The highest BCUT2D eigenvalue weighted by molar-refractivity contribution is 7.89. The molecule has 1 aromatic carbocycles. The summed E-state index contributed by atoms with van der Waals surface area (Å²) in [5.41, 5.74) is 1.28. The number of aliphatic hydroxyl groups excluding tert-OH is 1. The average Bonchev–Trinajstić information content (AvgIpc) is 3.25. The summed E-state index contributed by atoms with van der Waals surface area (Å²) in [4.78, 5) is 9.12. The van der Waals surface area contributed by atoms with Crippen LogP contribution >= 0.6 is 34.3 Å². The zero-order valence-corrected chi connectivity index (χ0v) is 19.1. The van der Waals surface area contributed by atoms with Gasteiger partial charge in [0.05, 0.1) is 33.6 Å². The summed E-state index contributed by atoms with van der Waals surface area (Å²) >= 11 is 9.29. The summed E-state index contributed by atoms with van der Waals surface area (Å²) in [6, 6.07) is 2.96. The Morgan fingerprint density at radius 3 is 2.79 bits per heavy atom. The van der Waals surface area contributed by atoms with Gasteiger partial charge in [-0.25, -0.2) is 18.4 Å². The molecular formula is C18H21ClN4O3S3. The average molecular weight is 473 g/mol. The lowest BCUT2D eigenvalue weighted by atomic mass is 10.1. The summed E-state index contributed by atoms with van der Waals surface area (Å²) in [6.07, 6.45) is 0.638. The third-order valence-electron chi connectivity index (χ3n) is 4.82. The SMILES string of the molecule is CC(C)c1nc(CNc2nc3c(S(=O)(=O)N4CCC4CO)c(Cl)ccc3s2)cs1. The standard InChI is InChI=1S/C18H21ClN4O3S3/c1-10(2)17-21-11(9-27-17)7-20-18-22-15-14(28-18)4-3-13(19)16(15)29(25,26)23-6-5-12(23)8-24/h3-4,9-10,12,24H,5-8H2,1-2H3,(H,20,22). The molecule has 1 aliphatic heterocycles. The molecule has 1 atom stereocenters. The summed E-state index contributed by atoms with van der Waals surface area (Å²) in [5.74, 6) is 0.385. The number of aliphatic hydroxyl groups is 1. The normalized spacial score (nSPS) is 17.8. The summed E-state index contributed by atoms with van der Waals surface area (Å²) in [7, 11) is -3.83. The Bertz CT molecular complexity index is 1140.